The van der Waals surface area contributed by atoms with Crippen LogP contribution in [0.15, 0.2) is 60.8 Å². The molecule has 1 aromatic heterocycles. The zero-order valence-electron chi connectivity index (χ0n) is 16.7. The second kappa shape index (κ2) is 9.23. The molecule has 0 atom stereocenters. The van der Waals surface area contributed by atoms with Gasteiger partial charge in [0.2, 0.25) is 5.95 Å². The van der Waals surface area contributed by atoms with Crippen LogP contribution >= 0.6 is 0 Å². The first-order valence-corrected chi connectivity index (χ1v) is 9.93. The summed E-state index contributed by atoms with van der Waals surface area (Å²) in [6.07, 6.45) is 2.63. The minimum Gasteiger partial charge on any atom is -0.497 e. The molecule has 1 N–H and O–H groups in total. The summed E-state index contributed by atoms with van der Waals surface area (Å²) in [5, 5.41) is 11.7. The van der Waals surface area contributed by atoms with Crippen molar-refractivity contribution in [2.45, 2.75) is 6.42 Å². The lowest BCUT2D eigenvalue weighted by Crippen LogP contribution is -2.47. The lowest BCUT2D eigenvalue weighted by Gasteiger charge is -2.36. The fraction of sp³-hybridized carbons (Fsp3) is 0.318. The van der Waals surface area contributed by atoms with Crippen LogP contribution < -0.4 is 19.9 Å². The highest BCUT2D eigenvalue weighted by Gasteiger charge is 2.20. The summed E-state index contributed by atoms with van der Waals surface area (Å²) in [6.45, 7) is 4.37. The molecule has 150 valence electrons. The molecular formula is C22H26N6O. The number of piperazine rings is 1. The highest BCUT2D eigenvalue weighted by molar-refractivity contribution is 5.51. The molecule has 3 aromatic rings. The number of benzene rings is 2. The van der Waals surface area contributed by atoms with E-state index in [0.717, 1.165) is 50.7 Å². The summed E-state index contributed by atoms with van der Waals surface area (Å²) in [5.74, 6) is 2.33. The van der Waals surface area contributed by atoms with Crippen LogP contribution in [0, 0.1) is 0 Å². The Hall–Kier alpha value is -3.35. The Morgan fingerprint density at radius 3 is 2.38 bits per heavy atom. The summed E-state index contributed by atoms with van der Waals surface area (Å²) in [7, 11) is 1.69. The van der Waals surface area contributed by atoms with Gasteiger partial charge in [0, 0.05) is 38.4 Å². The fourth-order valence-corrected chi connectivity index (χ4v) is 3.45. The zero-order chi connectivity index (χ0) is 19.9. The third-order valence-electron chi connectivity index (χ3n) is 5.11. The minimum absolute atomic E-state index is 0.684. The molecule has 0 bridgehead atoms. The molecule has 0 amide bonds. The quantitative estimate of drug-likeness (QED) is 0.665. The van der Waals surface area contributed by atoms with Crippen LogP contribution in [0.1, 0.15) is 5.56 Å². The van der Waals surface area contributed by atoms with Crippen LogP contribution in [0.4, 0.5) is 17.5 Å². The first kappa shape index (κ1) is 19.0. The smallest absolute Gasteiger partial charge is 0.247 e. The molecule has 2 heterocycles. The summed E-state index contributed by atoms with van der Waals surface area (Å²) in [5.41, 5.74) is 2.51. The molecule has 2 aromatic carbocycles. The van der Waals surface area contributed by atoms with E-state index in [1.165, 1.54) is 11.3 Å². The van der Waals surface area contributed by atoms with Crippen LogP contribution in [0.25, 0.3) is 0 Å². The van der Waals surface area contributed by atoms with Crippen molar-refractivity contribution in [1.82, 2.24) is 15.2 Å². The lowest BCUT2D eigenvalue weighted by molar-refractivity contribution is 0.415. The average molecular weight is 390 g/mol. The van der Waals surface area contributed by atoms with Gasteiger partial charge in [0.1, 0.15) is 5.75 Å². The number of rotatable bonds is 7. The van der Waals surface area contributed by atoms with E-state index in [1.807, 2.05) is 18.2 Å². The molecular weight excluding hydrogens is 364 g/mol. The predicted molar refractivity (Wildman–Crippen MR) is 116 cm³/mol. The molecule has 4 rings (SSSR count). The molecule has 0 spiro atoms. The fourth-order valence-electron chi connectivity index (χ4n) is 3.45. The van der Waals surface area contributed by atoms with Gasteiger partial charge in [0.25, 0.3) is 0 Å². The number of ether oxygens (including phenoxy) is 1. The van der Waals surface area contributed by atoms with E-state index in [9.17, 15) is 0 Å². The number of nitrogens with one attached hydrogen (secondary N) is 1. The van der Waals surface area contributed by atoms with Crippen molar-refractivity contribution in [2.24, 2.45) is 0 Å². The van der Waals surface area contributed by atoms with Gasteiger partial charge in [-0.1, -0.05) is 30.3 Å². The summed E-state index contributed by atoms with van der Waals surface area (Å²) < 4.78 is 5.24. The topological polar surface area (TPSA) is 66.4 Å². The Labute approximate surface area is 171 Å². The maximum atomic E-state index is 5.24. The number of hydrogen-bond donors (Lipinski definition) is 1. The van der Waals surface area contributed by atoms with Crippen molar-refractivity contribution in [3.05, 3.63) is 66.4 Å². The molecule has 7 heteroatoms. The third-order valence-corrected chi connectivity index (χ3v) is 5.11. The molecule has 1 fully saturated rings. The molecule has 1 saturated heterocycles. The predicted octanol–water partition coefficient (Wildman–Crippen LogP) is 2.86. The molecule has 1 aliphatic heterocycles. The molecule has 29 heavy (non-hydrogen) atoms. The number of anilines is 3. The number of methoxy groups -OCH3 is 1. The van der Waals surface area contributed by atoms with Gasteiger partial charge < -0.3 is 19.9 Å². The van der Waals surface area contributed by atoms with Gasteiger partial charge in [0.05, 0.1) is 13.3 Å². The van der Waals surface area contributed by atoms with Gasteiger partial charge >= 0.3 is 0 Å². The molecule has 0 aliphatic carbocycles. The van der Waals surface area contributed by atoms with E-state index in [4.69, 9.17) is 4.74 Å². The Balaban J connectivity index is 1.30. The first-order valence-electron chi connectivity index (χ1n) is 9.93. The van der Waals surface area contributed by atoms with Gasteiger partial charge in [-0.15, -0.1) is 5.10 Å². The highest BCUT2D eigenvalue weighted by Crippen LogP contribution is 2.21. The van der Waals surface area contributed by atoms with Gasteiger partial charge in [-0.2, -0.15) is 10.1 Å². The monoisotopic (exact) mass is 390 g/mol. The van der Waals surface area contributed by atoms with E-state index in [-0.39, 0.29) is 0 Å². The zero-order valence-corrected chi connectivity index (χ0v) is 16.7. The maximum Gasteiger partial charge on any atom is 0.247 e. The van der Waals surface area contributed by atoms with Crippen LogP contribution in [-0.2, 0) is 6.42 Å². The highest BCUT2D eigenvalue weighted by atomic mass is 16.5. The molecule has 0 unspecified atom stereocenters. The van der Waals surface area contributed by atoms with E-state index in [1.54, 1.807) is 13.3 Å². The Kier molecular flexibility index (Phi) is 6.04. The van der Waals surface area contributed by atoms with Crippen molar-refractivity contribution in [3.63, 3.8) is 0 Å². The largest absolute Gasteiger partial charge is 0.497 e. The van der Waals surface area contributed by atoms with Crippen LogP contribution in [0.3, 0.4) is 0 Å². The molecule has 0 radical (unpaired) electrons. The molecule has 7 nitrogen and oxygen atoms in total. The van der Waals surface area contributed by atoms with Gasteiger partial charge in [-0.05, 0) is 36.2 Å². The SMILES string of the molecule is COc1ccc(N2CCN(c3nncc(NCCc4ccccc4)n3)CC2)cc1. The minimum atomic E-state index is 0.684. The summed E-state index contributed by atoms with van der Waals surface area (Å²) in [4.78, 5) is 9.21. The number of aromatic nitrogens is 3. The Bertz CT molecular complexity index is 895. The van der Waals surface area contributed by atoms with E-state index in [0.29, 0.717) is 5.95 Å². The number of nitrogens with zero attached hydrogens (tertiary/aromatic N) is 5. The van der Waals surface area contributed by atoms with Crippen molar-refractivity contribution in [3.8, 4) is 5.75 Å². The van der Waals surface area contributed by atoms with E-state index in [2.05, 4.69) is 66.7 Å². The number of hydrogen-bond acceptors (Lipinski definition) is 7. The van der Waals surface area contributed by atoms with Gasteiger partial charge in [-0.3, -0.25) is 0 Å². The van der Waals surface area contributed by atoms with Crippen LogP contribution in [0.2, 0.25) is 0 Å². The normalized spacial score (nSPS) is 14.0. The van der Waals surface area contributed by atoms with E-state index >= 15 is 0 Å². The third kappa shape index (κ3) is 4.93. The first-order chi connectivity index (χ1) is 14.3. The summed E-state index contributed by atoms with van der Waals surface area (Å²) >= 11 is 0. The Morgan fingerprint density at radius 2 is 1.66 bits per heavy atom. The standard InChI is InChI=1S/C22H26N6O/c1-29-20-9-7-19(8-10-20)27-13-15-28(16-14-27)22-25-21(17-24-26-22)23-12-11-18-5-3-2-4-6-18/h2-10,17H,11-16H2,1H3,(H,23,25,26). The molecule has 0 saturated carbocycles. The molecule has 1 aliphatic rings. The maximum absolute atomic E-state index is 5.24. The van der Waals surface area contributed by atoms with Gasteiger partial charge in [-0.25, -0.2) is 0 Å². The van der Waals surface area contributed by atoms with Crippen molar-refractivity contribution in [2.75, 3.05) is 55.0 Å². The van der Waals surface area contributed by atoms with Crippen molar-refractivity contribution in [1.29, 1.82) is 0 Å². The second-order valence-electron chi connectivity index (χ2n) is 6.98. The average Bonchev–Trinajstić information content (AvgIpc) is 2.80. The Morgan fingerprint density at radius 1 is 0.931 bits per heavy atom. The lowest BCUT2D eigenvalue weighted by atomic mass is 10.1. The van der Waals surface area contributed by atoms with Crippen molar-refractivity contribution >= 4 is 17.5 Å². The summed E-state index contributed by atoms with van der Waals surface area (Å²) in [6, 6.07) is 18.6. The van der Waals surface area contributed by atoms with Crippen LogP contribution in [0.5, 0.6) is 5.75 Å². The van der Waals surface area contributed by atoms with Crippen molar-refractivity contribution < 1.29 is 4.74 Å². The van der Waals surface area contributed by atoms with Crippen LogP contribution in [-0.4, -0.2) is 55.0 Å². The van der Waals surface area contributed by atoms with Gasteiger partial charge in [0.15, 0.2) is 5.82 Å². The van der Waals surface area contributed by atoms with E-state index < -0.39 is 0 Å². The second-order valence-corrected chi connectivity index (χ2v) is 6.98.